The van der Waals surface area contributed by atoms with Gasteiger partial charge in [-0.2, -0.15) is 0 Å². The second-order valence-corrected chi connectivity index (χ2v) is 4.16. The van der Waals surface area contributed by atoms with Gasteiger partial charge in [0.25, 0.3) is 0 Å². The van der Waals surface area contributed by atoms with E-state index in [4.69, 9.17) is 5.73 Å². The fourth-order valence-corrected chi connectivity index (χ4v) is 1.92. The molecule has 1 aromatic heterocycles. The summed E-state index contributed by atoms with van der Waals surface area (Å²) >= 11 is 0. The lowest BCUT2D eigenvalue weighted by Gasteiger charge is -2.21. The summed E-state index contributed by atoms with van der Waals surface area (Å²) in [7, 11) is 1.80. The van der Waals surface area contributed by atoms with Crippen molar-refractivity contribution in [2.45, 2.75) is 13.5 Å². The van der Waals surface area contributed by atoms with E-state index in [1.165, 1.54) is 0 Å². The van der Waals surface area contributed by atoms with Gasteiger partial charge in [-0.15, -0.1) is 0 Å². The molecule has 1 heterocycles. The summed E-state index contributed by atoms with van der Waals surface area (Å²) in [6.07, 6.45) is 1.58. The van der Waals surface area contributed by atoms with Crippen molar-refractivity contribution in [3.05, 3.63) is 53.5 Å². The summed E-state index contributed by atoms with van der Waals surface area (Å²) < 4.78 is 14.2. The van der Waals surface area contributed by atoms with Gasteiger partial charge >= 0.3 is 0 Å². The molecule has 0 atom stereocenters. The Bertz CT molecular complexity index is 554. The SMILES string of the molecule is Cc1ccccc1N(C)c1nccc(CN)c1F. The van der Waals surface area contributed by atoms with Crippen molar-refractivity contribution in [3.8, 4) is 0 Å². The zero-order chi connectivity index (χ0) is 13.1. The molecule has 3 nitrogen and oxygen atoms in total. The number of aromatic nitrogens is 1. The van der Waals surface area contributed by atoms with E-state index in [0.29, 0.717) is 11.4 Å². The fraction of sp³-hybridized carbons (Fsp3) is 0.214. The van der Waals surface area contributed by atoms with Crippen LogP contribution in [0.25, 0.3) is 0 Å². The highest BCUT2D eigenvalue weighted by molar-refractivity contribution is 5.63. The largest absolute Gasteiger partial charge is 0.327 e. The van der Waals surface area contributed by atoms with Crippen LogP contribution in [-0.4, -0.2) is 12.0 Å². The lowest BCUT2D eigenvalue weighted by molar-refractivity contribution is 0.604. The van der Waals surface area contributed by atoms with E-state index in [0.717, 1.165) is 11.3 Å². The van der Waals surface area contributed by atoms with Crippen LogP contribution in [0.5, 0.6) is 0 Å². The number of nitrogens with zero attached hydrogens (tertiary/aromatic N) is 2. The second-order valence-electron chi connectivity index (χ2n) is 4.16. The number of para-hydroxylation sites is 1. The molecule has 2 aromatic rings. The summed E-state index contributed by atoms with van der Waals surface area (Å²) in [4.78, 5) is 5.84. The monoisotopic (exact) mass is 245 g/mol. The molecule has 2 rings (SSSR count). The first-order valence-electron chi connectivity index (χ1n) is 5.78. The number of nitrogens with two attached hydrogens (primary N) is 1. The lowest BCUT2D eigenvalue weighted by atomic mass is 10.1. The van der Waals surface area contributed by atoms with Crippen molar-refractivity contribution in [2.75, 3.05) is 11.9 Å². The maximum atomic E-state index is 14.2. The molecule has 94 valence electrons. The van der Waals surface area contributed by atoms with Gasteiger partial charge in [-0.05, 0) is 24.6 Å². The van der Waals surface area contributed by atoms with Crippen molar-refractivity contribution < 1.29 is 4.39 Å². The van der Waals surface area contributed by atoms with Gasteiger partial charge in [0.05, 0.1) is 0 Å². The quantitative estimate of drug-likeness (QED) is 0.904. The van der Waals surface area contributed by atoms with Crippen LogP contribution in [0, 0.1) is 12.7 Å². The number of aryl methyl sites for hydroxylation is 1. The number of benzene rings is 1. The number of hydrogen-bond acceptors (Lipinski definition) is 3. The zero-order valence-electron chi connectivity index (χ0n) is 10.5. The maximum Gasteiger partial charge on any atom is 0.170 e. The van der Waals surface area contributed by atoms with Gasteiger partial charge in [-0.25, -0.2) is 9.37 Å². The molecule has 0 aliphatic heterocycles. The summed E-state index contributed by atoms with van der Waals surface area (Å²) in [5.74, 6) is -0.0574. The van der Waals surface area contributed by atoms with Crippen LogP contribution in [0.15, 0.2) is 36.5 Å². The van der Waals surface area contributed by atoms with E-state index in [-0.39, 0.29) is 12.4 Å². The van der Waals surface area contributed by atoms with Gasteiger partial charge < -0.3 is 10.6 Å². The van der Waals surface area contributed by atoms with E-state index in [1.807, 2.05) is 31.2 Å². The topological polar surface area (TPSA) is 42.2 Å². The fourth-order valence-electron chi connectivity index (χ4n) is 1.92. The molecule has 0 unspecified atom stereocenters. The van der Waals surface area contributed by atoms with Crippen LogP contribution < -0.4 is 10.6 Å². The first kappa shape index (κ1) is 12.5. The first-order valence-corrected chi connectivity index (χ1v) is 5.78. The average molecular weight is 245 g/mol. The standard InChI is InChI=1S/C14H16FN3/c1-10-5-3-4-6-12(10)18(2)14-13(15)11(9-16)7-8-17-14/h3-8H,9,16H2,1-2H3. The highest BCUT2D eigenvalue weighted by Gasteiger charge is 2.14. The highest BCUT2D eigenvalue weighted by atomic mass is 19.1. The Morgan fingerprint density at radius 3 is 2.67 bits per heavy atom. The van der Waals surface area contributed by atoms with Crippen LogP contribution in [0.2, 0.25) is 0 Å². The summed E-state index contributed by atoms with van der Waals surface area (Å²) in [5, 5.41) is 0. The van der Waals surface area contributed by atoms with Gasteiger partial charge in [0.1, 0.15) is 0 Å². The van der Waals surface area contributed by atoms with Gasteiger partial charge in [-0.1, -0.05) is 18.2 Å². The lowest BCUT2D eigenvalue weighted by Crippen LogP contribution is -2.15. The maximum absolute atomic E-state index is 14.2. The minimum atomic E-state index is -0.356. The van der Waals surface area contributed by atoms with Crippen molar-refractivity contribution in [1.82, 2.24) is 4.98 Å². The molecule has 0 spiro atoms. The Hall–Kier alpha value is -1.94. The second kappa shape index (κ2) is 5.14. The van der Waals surface area contributed by atoms with Crippen LogP contribution >= 0.6 is 0 Å². The van der Waals surface area contributed by atoms with Crippen molar-refractivity contribution in [1.29, 1.82) is 0 Å². The van der Waals surface area contributed by atoms with Crippen LogP contribution in [0.3, 0.4) is 0 Å². The molecule has 0 fully saturated rings. The van der Waals surface area contributed by atoms with Crippen LogP contribution in [-0.2, 0) is 6.54 Å². The van der Waals surface area contributed by atoms with Crippen molar-refractivity contribution in [3.63, 3.8) is 0 Å². The predicted octanol–water partition coefficient (Wildman–Crippen LogP) is 2.76. The average Bonchev–Trinajstić information content (AvgIpc) is 2.39. The Morgan fingerprint density at radius 2 is 2.00 bits per heavy atom. The molecule has 0 amide bonds. The molecule has 4 heteroatoms. The van der Waals surface area contributed by atoms with Crippen LogP contribution in [0.4, 0.5) is 15.9 Å². The normalized spacial score (nSPS) is 10.4. The van der Waals surface area contributed by atoms with Gasteiger partial charge in [0.2, 0.25) is 0 Å². The molecule has 18 heavy (non-hydrogen) atoms. The third-order valence-electron chi connectivity index (χ3n) is 2.97. The first-order chi connectivity index (χ1) is 8.65. The van der Waals surface area contributed by atoms with E-state index in [9.17, 15) is 4.39 Å². The number of anilines is 2. The van der Waals surface area contributed by atoms with E-state index >= 15 is 0 Å². The molecule has 1 aromatic carbocycles. The summed E-state index contributed by atoms with van der Waals surface area (Å²) in [6, 6.07) is 9.39. The number of hydrogen-bond donors (Lipinski definition) is 1. The number of pyridine rings is 1. The number of halogens is 1. The van der Waals surface area contributed by atoms with Crippen molar-refractivity contribution in [2.24, 2.45) is 5.73 Å². The van der Waals surface area contributed by atoms with E-state index < -0.39 is 0 Å². The molecule has 0 saturated carbocycles. The molecule has 0 saturated heterocycles. The highest BCUT2D eigenvalue weighted by Crippen LogP contribution is 2.27. The predicted molar refractivity (Wildman–Crippen MR) is 71.3 cm³/mol. The zero-order valence-corrected chi connectivity index (χ0v) is 10.5. The molecule has 0 radical (unpaired) electrons. The minimum absolute atomic E-state index is 0.170. The Morgan fingerprint density at radius 1 is 1.28 bits per heavy atom. The Kier molecular flexibility index (Phi) is 3.58. The third-order valence-corrected chi connectivity index (χ3v) is 2.97. The molecule has 0 bridgehead atoms. The van der Waals surface area contributed by atoms with Gasteiger partial charge in [0, 0.05) is 31.0 Å². The van der Waals surface area contributed by atoms with Gasteiger partial charge in [0.15, 0.2) is 11.6 Å². The molecule has 0 aliphatic carbocycles. The van der Waals surface area contributed by atoms with Gasteiger partial charge in [-0.3, -0.25) is 0 Å². The molecular weight excluding hydrogens is 229 g/mol. The van der Waals surface area contributed by atoms with Crippen molar-refractivity contribution >= 4 is 11.5 Å². The molecule has 0 aliphatic rings. The summed E-state index contributed by atoms with van der Waals surface area (Å²) in [5.41, 5.74) is 7.97. The van der Waals surface area contributed by atoms with Crippen LogP contribution in [0.1, 0.15) is 11.1 Å². The van der Waals surface area contributed by atoms with E-state index in [2.05, 4.69) is 4.98 Å². The summed E-state index contributed by atoms with van der Waals surface area (Å²) in [6.45, 7) is 2.15. The smallest absolute Gasteiger partial charge is 0.170 e. The molecule has 2 N–H and O–H groups in total. The third kappa shape index (κ3) is 2.19. The Balaban J connectivity index is 2.47. The molecular formula is C14H16FN3. The Labute approximate surface area is 106 Å². The van der Waals surface area contributed by atoms with E-state index in [1.54, 1.807) is 24.2 Å². The minimum Gasteiger partial charge on any atom is -0.327 e. The number of rotatable bonds is 3.